The van der Waals surface area contributed by atoms with Crippen molar-refractivity contribution in [3.05, 3.63) is 44.8 Å². The molecule has 1 aliphatic rings. The summed E-state index contributed by atoms with van der Waals surface area (Å²) >= 11 is 3.35. The van der Waals surface area contributed by atoms with Gasteiger partial charge in [0, 0.05) is 36.5 Å². The third-order valence-corrected chi connectivity index (χ3v) is 4.99. The minimum Gasteiger partial charge on any atom is -0.478 e. The van der Waals surface area contributed by atoms with Crippen LogP contribution in [0.25, 0.3) is 0 Å². The molecule has 0 aromatic carbocycles. The van der Waals surface area contributed by atoms with Crippen LogP contribution in [0.3, 0.4) is 0 Å². The van der Waals surface area contributed by atoms with Crippen molar-refractivity contribution in [3.8, 4) is 5.88 Å². The highest BCUT2D eigenvalue weighted by Crippen LogP contribution is 2.25. The summed E-state index contributed by atoms with van der Waals surface area (Å²) in [4.78, 5) is 27.2. The summed E-state index contributed by atoms with van der Waals surface area (Å²) in [7, 11) is 0. The zero-order valence-electron chi connectivity index (χ0n) is 15.8. The standard InChI is InChI=1S/C18H22BrN5O5/c19-13-3-7-20-16(11-13)29-8-2-1-6-21-18(25)17-15(24(26)27)12-23(22-17)14-4-9-28-10-5-14/h3,7,11-12,14H,1-2,4-6,8-10H2,(H,21,25). The van der Waals surface area contributed by atoms with Gasteiger partial charge in [-0.3, -0.25) is 19.6 Å². The number of ether oxygens (including phenoxy) is 2. The van der Waals surface area contributed by atoms with E-state index in [1.807, 2.05) is 6.07 Å². The number of halogens is 1. The van der Waals surface area contributed by atoms with Gasteiger partial charge in [0.25, 0.3) is 5.91 Å². The number of nitro groups is 1. The van der Waals surface area contributed by atoms with E-state index in [4.69, 9.17) is 9.47 Å². The van der Waals surface area contributed by atoms with Gasteiger partial charge in [0.05, 0.1) is 17.6 Å². The predicted molar refractivity (Wildman–Crippen MR) is 107 cm³/mol. The average Bonchev–Trinajstić information content (AvgIpc) is 3.17. The molecular formula is C18H22BrN5O5. The Morgan fingerprint density at radius 1 is 1.41 bits per heavy atom. The number of carbonyl (C=O) groups excluding carboxylic acids is 1. The van der Waals surface area contributed by atoms with E-state index in [-0.39, 0.29) is 17.4 Å². The molecule has 1 amide bonds. The van der Waals surface area contributed by atoms with Crippen LogP contribution in [0, 0.1) is 10.1 Å². The van der Waals surface area contributed by atoms with Crippen LogP contribution in [0.1, 0.15) is 42.2 Å². The summed E-state index contributed by atoms with van der Waals surface area (Å²) < 4.78 is 13.2. The molecule has 0 aliphatic carbocycles. The number of hydrogen-bond acceptors (Lipinski definition) is 7. The van der Waals surface area contributed by atoms with Gasteiger partial charge >= 0.3 is 5.69 Å². The molecule has 156 valence electrons. The number of hydrogen-bond donors (Lipinski definition) is 1. The van der Waals surface area contributed by atoms with Crippen molar-refractivity contribution in [2.75, 3.05) is 26.4 Å². The van der Waals surface area contributed by atoms with E-state index in [0.29, 0.717) is 57.9 Å². The van der Waals surface area contributed by atoms with E-state index in [0.717, 1.165) is 4.47 Å². The Labute approximate surface area is 175 Å². The first-order valence-electron chi connectivity index (χ1n) is 9.38. The van der Waals surface area contributed by atoms with E-state index < -0.39 is 10.8 Å². The smallest absolute Gasteiger partial charge is 0.320 e. The van der Waals surface area contributed by atoms with Crippen molar-refractivity contribution in [2.45, 2.75) is 31.7 Å². The molecule has 0 radical (unpaired) electrons. The zero-order chi connectivity index (χ0) is 20.6. The largest absolute Gasteiger partial charge is 0.478 e. The minimum absolute atomic E-state index is 0.00721. The molecule has 0 unspecified atom stereocenters. The van der Waals surface area contributed by atoms with E-state index in [2.05, 4.69) is 31.3 Å². The zero-order valence-corrected chi connectivity index (χ0v) is 17.3. The van der Waals surface area contributed by atoms with Crippen LogP contribution in [-0.2, 0) is 4.74 Å². The summed E-state index contributed by atoms with van der Waals surface area (Å²) in [6, 6.07) is 3.59. The van der Waals surface area contributed by atoms with Crippen molar-refractivity contribution < 1.29 is 19.2 Å². The minimum atomic E-state index is -0.573. The number of pyridine rings is 1. The maximum absolute atomic E-state index is 12.4. The Morgan fingerprint density at radius 2 is 2.21 bits per heavy atom. The second-order valence-electron chi connectivity index (χ2n) is 6.57. The Hall–Kier alpha value is -2.53. The van der Waals surface area contributed by atoms with Crippen LogP contribution < -0.4 is 10.1 Å². The normalized spacial score (nSPS) is 14.5. The monoisotopic (exact) mass is 467 g/mol. The highest BCUT2D eigenvalue weighted by atomic mass is 79.9. The van der Waals surface area contributed by atoms with Gasteiger partial charge in [-0.1, -0.05) is 15.9 Å². The highest BCUT2D eigenvalue weighted by molar-refractivity contribution is 9.10. The van der Waals surface area contributed by atoms with Gasteiger partial charge in [0.1, 0.15) is 6.20 Å². The van der Waals surface area contributed by atoms with Crippen LogP contribution in [0.2, 0.25) is 0 Å². The van der Waals surface area contributed by atoms with Gasteiger partial charge in [-0.15, -0.1) is 0 Å². The lowest BCUT2D eigenvalue weighted by atomic mass is 10.1. The topological polar surface area (TPSA) is 121 Å². The highest BCUT2D eigenvalue weighted by Gasteiger charge is 2.28. The number of unbranched alkanes of at least 4 members (excludes halogenated alkanes) is 1. The summed E-state index contributed by atoms with van der Waals surface area (Å²) in [5, 5.41) is 18.2. The van der Waals surface area contributed by atoms with E-state index in [9.17, 15) is 14.9 Å². The van der Waals surface area contributed by atoms with Crippen molar-refractivity contribution in [3.63, 3.8) is 0 Å². The van der Waals surface area contributed by atoms with Crippen LogP contribution >= 0.6 is 15.9 Å². The Balaban J connectivity index is 1.47. The van der Waals surface area contributed by atoms with E-state index in [1.165, 1.54) is 10.9 Å². The molecule has 1 N–H and O–H groups in total. The third kappa shape index (κ3) is 5.97. The van der Waals surface area contributed by atoms with Crippen LogP contribution in [-0.4, -0.2) is 52.0 Å². The first-order valence-corrected chi connectivity index (χ1v) is 10.2. The second-order valence-corrected chi connectivity index (χ2v) is 7.48. The van der Waals surface area contributed by atoms with Gasteiger partial charge in [-0.25, -0.2) is 4.98 Å². The van der Waals surface area contributed by atoms with Crippen molar-refractivity contribution in [1.82, 2.24) is 20.1 Å². The number of carbonyl (C=O) groups is 1. The summed E-state index contributed by atoms with van der Waals surface area (Å²) in [5.41, 5.74) is -0.436. The first kappa shape index (κ1) is 21.2. The van der Waals surface area contributed by atoms with Crippen LogP contribution in [0.15, 0.2) is 29.0 Å². The molecule has 0 bridgehead atoms. The molecule has 1 saturated heterocycles. The molecule has 0 spiro atoms. The second kappa shape index (κ2) is 10.3. The Kier molecular flexibility index (Phi) is 7.53. The summed E-state index contributed by atoms with van der Waals surface area (Å²) in [6.45, 7) is 1.99. The number of rotatable bonds is 9. The molecule has 0 saturated carbocycles. The molecule has 29 heavy (non-hydrogen) atoms. The van der Waals surface area contributed by atoms with Gasteiger partial charge < -0.3 is 14.8 Å². The molecule has 1 aliphatic heterocycles. The maximum Gasteiger partial charge on any atom is 0.320 e. The van der Waals surface area contributed by atoms with Crippen molar-refractivity contribution >= 4 is 27.5 Å². The van der Waals surface area contributed by atoms with E-state index in [1.54, 1.807) is 12.3 Å². The van der Waals surface area contributed by atoms with E-state index >= 15 is 0 Å². The Morgan fingerprint density at radius 3 is 2.93 bits per heavy atom. The number of nitrogens with zero attached hydrogens (tertiary/aromatic N) is 4. The average molecular weight is 468 g/mol. The van der Waals surface area contributed by atoms with Gasteiger partial charge in [-0.2, -0.15) is 5.10 Å². The maximum atomic E-state index is 12.4. The first-order chi connectivity index (χ1) is 14.0. The molecule has 11 heteroatoms. The van der Waals surface area contributed by atoms with Crippen molar-refractivity contribution in [2.24, 2.45) is 0 Å². The molecule has 0 atom stereocenters. The fourth-order valence-electron chi connectivity index (χ4n) is 2.97. The SMILES string of the molecule is O=C(NCCCCOc1cc(Br)ccn1)c1nn(C2CCOCC2)cc1[N+](=O)[O-]. The quantitative estimate of drug-likeness (QED) is 0.341. The van der Waals surface area contributed by atoms with Gasteiger partial charge in [-0.05, 0) is 31.7 Å². The fraction of sp³-hybridized carbons (Fsp3) is 0.500. The lowest BCUT2D eigenvalue weighted by Gasteiger charge is -2.21. The molecule has 2 aromatic heterocycles. The predicted octanol–water partition coefficient (Wildman–Crippen LogP) is 2.89. The number of nitrogens with one attached hydrogen (secondary N) is 1. The number of aromatic nitrogens is 3. The molecule has 10 nitrogen and oxygen atoms in total. The third-order valence-electron chi connectivity index (χ3n) is 4.49. The molecule has 1 fully saturated rings. The Bertz CT molecular complexity index is 853. The lowest BCUT2D eigenvalue weighted by molar-refractivity contribution is -0.385. The molecule has 3 heterocycles. The van der Waals surface area contributed by atoms with Crippen LogP contribution in [0.4, 0.5) is 5.69 Å². The fourth-order valence-corrected chi connectivity index (χ4v) is 3.28. The molecule has 3 rings (SSSR count). The van der Waals surface area contributed by atoms with Crippen molar-refractivity contribution in [1.29, 1.82) is 0 Å². The molecular weight excluding hydrogens is 446 g/mol. The summed E-state index contributed by atoms with van der Waals surface area (Å²) in [5.74, 6) is -0.0187. The van der Waals surface area contributed by atoms with Gasteiger partial charge in [0.2, 0.25) is 11.6 Å². The van der Waals surface area contributed by atoms with Crippen LogP contribution in [0.5, 0.6) is 5.88 Å². The molecule has 2 aromatic rings. The summed E-state index contributed by atoms with van der Waals surface area (Å²) in [6.07, 6.45) is 5.77. The number of amides is 1. The van der Waals surface area contributed by atoms with Gasteiger partial charge in [0.15, 0.2) is 0 Å². The lowest BCUT2D eigenvalue weighted by Crippen LogP contribution is -2.26.